The summed E-state index contributed by atoms with van der Waals surface area (Å²) in [6.07, 6.45) is 0. The predicted octanol–water partition coefficient (Wildman–Crippen LogP) is 4.22. The van der Waals surface area contributed by atoms with Crippen LogP contribution in [0.2, 0.25) is 5.02 Å². The maximum Gasteiger partial charge on any atom is 0.315 e. The van der Waals surface area contributed by atoms with E-state index in [4.69, 9.17) is 16.3 Å². The summed E-state index contributed by atoms with van der Waals surface area (Å²) in [6, 6.07) is 12.9. The Kier molecular flexibility index (Phi) is 7.63. The number of amides is 1. The Hall–Kier alpha value is -2.58. The summed E-state index contributed by atoms with van der Waals surface area (Å²) in [5.41, 5.74) is 0.645. The van der Waals surface area contributed by atoms with Crippen molar-refractivity contribution in [3.63, 3.8) is 0 Å². The molecule has 2 aromatic carbocycles. The zero-order valence-electron chi connectivity index (χ0n) is 14.4. The number of carbonyl (C=O) groups is 2. The summed E-state index contributed by atoms with van der Waals surface area (Å²) in [5.74, 6) is -0.827. The number of ether oxygens (including phenoxy) is 1. The quantitative estimate of drug-likeness (QED) is 0.398. The van der Waals surface area contributed by atoms with E-state index < -0.39 is 22.0 Å². The fraction of sp³-hybridized carbons (Fsp3) is 0.222. The molecule has 0 bridgehead atoms. The highest BCUT2D eigenvalue weighted by molar-refractivity contribution is 8.00. The Morgan fingerprint density at radius 1 is 1.26 bits per heavy atom. The van der Waals surface area contributed by atoms with E-state index in [9.17, 15) is 19.7 Å². The van der Waals surface area contributed by atoms with Gasteiger partial charge in [0, 0.05) is 11.8 Å². The minimum Gasteiger partial charge on any atom is -0.465 e. The molecule has 1 unspecified atom stereocenters. The lowest BCUT2D eigenvalue weighted by molar-refractivity contribution is -0.384. The van der Waals surface area contributed by atoms with E-state index >= 15 is 0 Å². The zero-order chi connectivity index (χ0) is 19.8. The lowest BCUT2D eigenvalue weighted by Gasteiger charge is -2.17. The molecule has 0 aliphatic rings. The molecule has 0 spiro atoms. The number of hydrogen-bond acceptors (Lipinski definition) is 6. The van der Waals surface area contributed by atoms with E-state index in [-0.39, 0.29) is 28.8 Å². The summed E-state index contributed by atoms with van der Waals surface area (Å²) in [4.78, 5) is 34.8. The molecule has 2 rings (SSSR count). The number of halogens is 1. The average Bonchev–Trinajstić information content (AvgIpc) is 2.64. The van der Waals surface area contributed by atoms with Gasteiger partial charge in [0.2, 0.25) is 5.91 Å². The number of thioether (sulfide) groups is 1. The second kappa shape index (κ2) is 9.94. The van der Waals surface area contributed by atoms with Gasteiger partial charge in [0.1, 0.15) is 10.3 Å². The summed E-state index contributed by atoms with van der Waals surface area (Å²) in [7, 11) is 0. The number of nitrogens with zero attached hydrogens (tertiary/aromatic N) is 1. The summed E-state index contributed by atoms with van der Waals surface area (Å²) >= 11 is 6.91. The van der Waals surface area contributed by atoms with Gasteiger partial charge in [0.15, 0.2) is 0 Å². The Bertz CT molecular complexity index is 832. The first-order valence-electron chi connectivity index (χ1n) is 7.99. The van der Waals surface area contributed by atoms with Crippen LogP contribution < -0.4 is 5.32 Å². The highest BCUT2D eigenvalue weighted by Crippen LogP contribution is 2.32. The third kappa shape index (κ3) is 5.97. The molecule has 9 heteroatoms. The molecule has 142 valence electrons. The van der Waals surface area contributed by atoms with Crippen molar-refractivity contribution in [3.05, 3.63) is 69.2 Å². The molecule has 0 aliphatic heterocycles. The van der Waals surface area contributed by atoms with Gasteiger partial charge in [-0.2, -0.15) is 0 Å². The van der Waals surface area contributed by atoms with Crippen LogP contribution in [0.15, 0.2) is 48.5 Å². The summed E-state index contributed by atoms with van der Waals surface area (Å²) < 4.78 is 4.90. The summed E-state index contributed by atoms with van der Waals surface area (Å²) in [6.45, 7) is 1.97. The highest BCUT2D eigenvalue weighted by atomic mass is 35.5. The van der Waals surface area contributed by atoms with Crippen LogP contribution in [-0.2, 0) is 14.3 Å². The zero-order valence-corrected chi connectivity index (χ0v) is 16.0. The third-order valence-electron chi connectivity index (χ3n) is 3.42. The SMILES string of the molecule is CCOC(=O)CSC(C(=O)Nc1ccc(Cl)c([N+](=O)[O-])c1)c1ccccc1. The van der Waals surface area contributed by atoms with Crippen molar-refractivity contribution < 1.29 is 19.2 Å². The van der Waals surface area contributed by atoms with Crippen LogP contribution in [0, 0.1) is 10.1 Å². The van der Waals surface area contributed by atoms with Gasteiger partial charge in [-0.1, -0.05) is 41.9 Å². The van der Waals surface area contributed by atoms with Crippen molar-refractivity contribution in [2.24, 2.45) is 0 Å². The normalized spacial score (nSPS) is 11.5. The van der Waals surface area contributed by atoms with Gasteiger partial charge in [-0.3, -0.25) is 19.7 Å². The number of hydrogen-bond donors (Lipinski definition) is 1. The number of anilines is 1. The number of rotatable bonds is 8. The van der Waals surface area contributed by atoms with E-state index in [1.54, 1.807) is 31.2 Å². The number of nitro benzene ring substituents is 1. The fourth-order valence-corrected chi connectivity index (χ4v) is 3.38. The molecule has 0 radical (unpaired) electrons. The molecule has 0 fully saturated rings. The fourth-order valence-electron chi connectivity index (χ4n) is 2.24. The highest BCUT2D eigenvalue weighted by Gasteiger charge is 2.24. The largest absolute Gasteiger partial charge is 0.465 e. The van der Waals surface area contributed by atoms with Crippen LogP contribution in [0.25, 0.3) is 0 Å². The van der Waals surface area contributed by atoms with Crippen molar-refractivity contribution in [1.82, 2.24) is 0 Å². The maximum atomic E-state index is 12.8. The van der Waals surface area contributed by atoms with Gasteiger partial charge in [0.25, 0.3) is 5.69 Å². The molecule has 2 aromatic rings. The smallest absolute Gasteiger partial charge is 0.315 e. The molecule has 0 heterocycles. The number of nitro groups is 1. The van der Waals surface area contributed by atoms with Crippen LogP contribution >= 0.6 is 23.4 Å². The number of carbonyl (C=O) groups excluding carboxylic acids is 2. The van der Waals surface area contributed by atoms with Gasteiger partial charge in [-0.15, -0.1) is 11.8 Å². The van der Waals surface area contributed by atoms with Gasteiger partial charge in [-0.25, -0.2) is 0 Å². The Balaban J connectivity index is 2.19. The molecule has 0 aliphatic carbocycles. The second-order valence-corrected chi connectivity index (χ2v) is 6.82. The average molecular weight is 409 g/mol. The van der Waals surface area contributed by atoms with Crippen LogP contribution in [-0.4, -0.2) is 29.2 Å². The van der Waals surface area contributed by atoms with E-state index in [2.05, 4.69) is 5.32 Å². The molecule has 1 atom stereocenters. The van der Waals surface area contributed by atoms with Crippen molar-refractivity contribution in [1.29, 1.82) is 0 Å². The minimum absolute atomic E-state index is 0.00157. The van der Waals surface area contributed by atoms with Gasteiger partial charge in [0.05, 0.1) is 17.3 Å². The van der Waals surface area contributed by atoms with Gasteiger partial charge >= 0.3 is 5.97 Å². The third-order valence-corrected chi connectivity index (χ3v) is 4.97. The standard InChI is InChI=1S/C18H17ClN2O5S/c1-2-26-16(22)11-27-17(12-6-4-3-5-7-12)18(23)20-13-8-9-14(19)15(10-13)21(24)25/h3-10,17H,2,11H2,1H3,(H,20,23). The van der Waals surface area contributed by atoms with E-state index in [0.717, 1.165) is 11.8 Å². The molecule has 0 saturated carbocycles. The predicted molar refractivity (Wildman–Crippen MR) is 105 cm³/mol. The number of esters is 1. The molecular formula is C18H17ClN2O5S. The van der Waals surface area contributed by atoms with Crippen molar-refractivity contribution in [2.75, 3.05) is 17.7 Å². The lowest BCUT2D eigenvalue weighted by Crippen LogP contribution is -2.21. The van der Waals surface area contributed by atoms with Crippen molar-refractivity contribution in [2.45, 2.75) is 12.2 Å². The van der Waals surface area contributed by atoms with Crippen LogP contribution in [0.4, 0.5) is 11.4 Å². The van der Waals surface area contributed by atoms with E-state index in [1.807, 2.05) is 6.07 Å². The molecule has 1 amide bonds. The molecule has 0 aromatic heterocycles. The first kappa shape index (κ1) is 20.7. The van der Waals surface area contributed by atoms with Crippen LogP contribution in [0.3, 0.4) is 0 Å². The second-order valence-electron chi connectivity index (χ2n) is 5.32. The van der Waals surface area contributed by atoms with Gasteiger partial charge in [-0.05, 0) is 24.6 Å². The Labute approximate surface area is 165 Å². The first-order chi connectivity index (χ1) is 12.9. The van der Waals surface area contributed by atoms with Crippen molar-refractivity contribution >= 4 is 46.6 Å². The molecule has 27 heavy (non-hydrogen) atoms. The Morgan fingerprint density at radius 3 is 2.59 bits per heavy atom. The monoisotopic (exact) mass is 408 g/mol. The maximum absolute atomic E-state index is 12.8. The Morgan fingerprint density at radius 2 is 1.96 bits per heavy atom. The molecule has 0 saturated heterocycles. The minimum atomic E-state index is -0.689. The van der Waals surface area contributed by atoms with Gasteiger partial charge < -0.3 is 10.1 Å². The summed E-state index contributed by atoms with van der Waals surface area (Å²) in [5, 5.41) is 12.9. The van der Waals surface area contributed by atoms with E-state index in [0.29, 0.717) is 5.56 Å². The van der Waals surface area contributed by atoms with Crippen molar-refractivity contribution in [3.8, 4) is 0 Å². The van der Waals surface area contributed by atoms with E-state index in [1.165, 1.54) is 18.2 Å². The first-order valence-corrected chi connectivity index (χ1v) is 9.42. The van der Waals surface area contributed by atoms with Crippen LogP contribution in [0.5, 0.6) is 0 Å². The molecule has 1 N–H and O–H groups in total. The topological polar surface area (TPSA) is 98.5 Å². The molecule has 7 nitrogen and oxygen atoms in total. The number of benzene rings is 2. The molecular weight excluding hydrogens is 392 g/mol. The number of nitrogens with one attached hydrogen (secondary N) is 1. The van der Waals surface area contributed by atoms with Crippen LogP contribution in [0.1, 0.15) is 17.7 Å². The lowest BCUT2D eigenvalue weighted by atomic mass is 10.1.